The van der Waals surface area contributed by atoms with Gasteiger partial charge in [0.25, 0.3) is 5.91 Å². The van der Waals surface area contributed by atoms with Crippen LogP contribution in [0, 0.1) is 0 Å². The molecule has 1 amide bonds. The molecule has 0 unspecified atom stereocenters. The number of aryl methyl sites for hydroxylation is 2. The van der Waals surface area contributed by atoms with E-state index in [0.29, 0.717) is 10.7 Å². The van der Waals surface area contributed by atoms with Crippen LogP contribution in [0.2, 0.25) is 0 Å². The number of rotatable bonds is 4. The van der Waals surface area contributed by atoms with E-state index < -0.39 is 0 Å². The first-order chi connectivity index (χ1) is 14.8. The molecule has 0 atom stereocenters. The van der Waals surface area contributed by atoms with Crippen LogP contribution in [0.5, 0.6) is 0 Å². The molecule has 1 aliphatic rings. The molecule has 0 spiro atoms. The van der Waals surface area contributed by atoms with E-state index in [4.69, 9.17) is 0 Å². The lowest BCUT2D eigenvalue weighted by Gasteiger charge is -2.16. The largest absolute Gasteiger partial charge is 0.298 e. The topological polar surface area (TPSA) is 42.0 Å². The third kappa shape index (κ3) is 3.91. The number of hydrogen-bond acceptors (Lipinski definition) is 3. The molecule has 3 aromatic carbocycles. The molecule has 0 bridgehead atoms. The highest BCUT2D eigenvalue weighted by Gasteiger charge is 2.14. The third-order valence-electron chi connectivity index (χ3n) is 5.62. The number of nitrogens with zero attached hydrogens (tertiary/aromatic N) is 1. The van der Waals surface area contributed by atoms with Crippen molar-refractivity contribution in [2.45, 2.75) is 25.7 Å². The van der Waals surface area contributed by atoms with Gasteiger partial charge in [-0.05, 0) is 60.1 Å². The number of hydrogen-bond donors (Lipinski definition) is 1. The van der Waals surface area contributed by atoms with Gasteiger partial charge in [0.2, 0.25) is 0 Å². The molecule has 30 heavy (non-hydrogen) atoms. The van der Waals surface area contributed by atoms with E-state index in [1.807, 2.05) is 35.7 Å². The Morgan fingerprint density at radius 1 is 0.800 bits per heavy atom. The minimum Gasteiger partial charge on any atom is -0.298 e. The van der Waals surface area contributed by atoms with Gasteiger partial charge in [0.1, 0.15) is 0 Å². The zero-order valence-electron chi connectivity index (χ0n) is 16.6. The molecule has 1 aliphatic carbocycles. The molecule has 0 saturated carbocycles. The number of nitrogens with one attached hydrogen (secondary N) is 1. The summed E-state index contributed by atoms with van der Waals surface area (Å²) in [7, 11) is 0. The summed E-state index contributed by atoms with van der Waals surface area (Å²) >= 11 is 1.45. The highest BCUT2D eigenvalue weighted by molar-refractivity contribution is 7.14. The highest BCUT2D eigenvalue weighted by Crippen LogP contribution is 2.28. The molecule has 1 N–H and O–H groups in total. The van der Waals surface area contributed by atoms with Crippen molar-refractivity contribution >= 4 is 22.4 Å². The van der Waals surface area contributed by atoms with Gasteiger partial charge in [0, 0.05) is 16.5 Å². The quantitative estimate of drug-likeness (QED) is 0.411. The molecular formula is C26H22N2OS. The van der Waals surface area contributed by atoms with Crippen molar-refractivity contribution in [3.8, 4) is 22.4 Å². The maximum atomic E-state index is 12.7. The molecule has 3 nitrogen and oxygen atoms in total. The first kappa shape index (κ1) is 18.8. The summed E-state index contributed by atoms with van der Waals surface area (Å²) in [5.74, 6) is -0.0938. The lowest BCUT2D eigenvalue weighted by atomic mass is 9.90. The first-order valence-electron chi connectivity index (χ1n) is 10.3. The Labute approximate surface area is 180 Å². The van der Waals surface area contributed by atoms with E-state index in [2.05, 4.69) is 52.8 Å². The van der Waals surface area contributed by atoms with Crippen molar-refractivity contribution in [2.75, 3.05) is 5.32 Å². The van der Waals surface area contributed by atoms with E-state index in [-0.39, 0.29) is 5.91 Å². The second-order valence-electron chi connectivity index (χ2n) is 7.63. The van der Waals surface area contributed by atoms with Crippen LogP contribution in [-0.2, 0) is 12.8 Å². The van der Waals surface area contributed by atoms with Crippen LogP contribution in [0.15, 0.2) is 78.2 Å². The smallest absolute Gasteiger partial charge is 0.257 e. The summed E-state index contributed by atoms with van der Waals surface area (Å²) in [4.78, 5) is 17.3. The molecule has 0 saturated heterocycles. The van der Waals surface area contributed by atoms with Gasteiger partial charge in [-0.15, -0.1) is 11.3 Å². The van der Waals surface area contributed by atoms with Crippen molar-refractivity contribution in [2.24, 2.45) is 0 Å². The number of fused-ring (bicyclic) bond motifs is 1. The molecule has 5 rings (SSSR count). The molecular weight excluding hydrogens is 388 g/mol. The molecule has 0 fully saturated rings. The SMILES string of the molecule is O=C(Nc1nc(-c2ccc(-c3ccccc3)cc2)cs1)c1ccc2c(c1)CCCC2. The van der Waals surface area contributed by atoms with E-state index in [0.717, 1.165) is 24.1 Å². The van der Waals surface area contributed by atoms with Crippen LogP contribution in [0.25, 0.3) is 22.4 Å². The average Bonchev–Trinajstić information content (AvgIpc) is 3.28. The molecule has 148 valence electrons. The predicted octanol–water partition coefficient (Wildman–Crippen LogP) is 6.61. The Bertz CT molecular complexity index is 1180. The molecule has 1 aromatic heterocycles. The summed E-state index contributed by atoms with van der Waals surface area (Å²) in [6.45, 7) is 0. The first-order valence-corrected chi connectivity index (χ1v) is 11.2. The van der Waals surface area contributed by atoms with Crippen LogP contribution >= 0.6 is 11.3 Å². The molecule has 4 heteroatoms. The number of amides is 1. The monoisotopic (exact) mass is 410 g/mol. The van der Waals surface area contributed by atoms with Gasteiger partial charge in [-0.2, -0.15) is 0 Å². The lowest BCUT2D eigenvalue weighted by Crippen LogP contribution is -2.13. The fourth-order valence-electron chi connectivity index (χ4n) is 3.97. The van der Waals surface area contributed by atoms with Crippen LogP contribution < -0.4 is 5.32 Å². The second kappa shape index (κ2) is 8.25. The summed E-state index contributed by atoms with van der Waals surface area (Å²) in [6, 6.07) is 24.7. The van der Waals surface area contributed by atoms with Gasteiger partial charge in [0.15, 0.2) is 5.13 Å². The van der Waals surface area contributed by atoms with E-state index >= 15 is 0 Å². The Balaban J connectivity index is 1.30. The Hall–Kier alpha value is -3.24. The Kier molecular flexibility index (Phi) is 5.16. The highest BCUT2D eigenvalue weighted by atomic mass is 32.1. The van der Waals surface area contributed by atoms with Gasteiger partial charge in [-0.25, -0.2) is 4.98 Å². The summed E-state index contributed by atoms with van der Waals surface area (Å²) in [5.41, 5.74) is 7.69. The second-order valence-corrected chi connectivity index (χ2v) is 8.48. The van der Waals surface area contributed by atoms with Gasteiger partial charge in [-0.3, -0.25) is 10.1 Å². The van der Waals surface area contributed by atoms with E-state index in [1.165, 1.54) is 46.4 Å². The molecule has 4 aromatic rings. The van der Waals surface area contributed by atoms with Crippen LogP contribution in [0.1, 0.15) is 34.3 Å². The van der Waals surface area contributed by atoms with Crippen LogP contribution in [0.3, 0.4) is 0 Å². The van der Waals surface area contributed by atoms with Crippen molar-refractivity contribution in [1.82, 2.24) is 4.98 Å². The predicted molar refractivity (Wildman–Crippen MR) is 124 cm³/mol. The average molecular weight is 411 g/mol. The van der Waals surface area contributed by atoms with E-state index in [9.17, 15) is 4.79 Å². The Morgan fingerprint density at radius 3 is 2.30 bits per heavy atom. The molecule has 1 heterocycles. The van der Waals surface area contributed by atoms with Gasteiger partial charge < -0.3 is 0 Å². The van der Waals surface area contributed by atoms with Crippen molar-refractivity contribution < 1.29 is 4.79 Å². The van der Waals surface area contributed by atoms with Crippen LogP contribution in [-0.4, -0.2) is 10.9 Å². The van der Waals surface area contributed by atoms with Gasteiger partial charge in [0.05, 0.1) is 5.69 Å². The van der Waals surface area contributed by atoms with Gasteiger partial charge >= 0.3 is 0 Å². The number of benzene rings is 3. The number of aromatic nitrogens is 1. The minimum atomic E-state index is -0.0938. The van der Waals surface area contributed by atoms with Crippen molar-refractivity contribution in [3.05, 3.63) is 94.9 Å². The zero-order valence-corrected chi connectivity index (χ0v) is 17.4. The van der Waals surface area contributed by atoms with E-state index in [1.54, 1.807) is 0 Å². The fourth-order valence-corrected chi connectivity index (χ4v) is 4.69. The number of carbonyl (C=O) groups excluding carboxylic acids is 1. The molecule has 0 aliphatic heterocycles. The lowest BCUT2D eigenvalue weighted by molar-refractivity contribution is 0.102. The normalized spacial score (nSPS) is 12.9. The minimum absolute atomic E-state index is 0.0938. The number of carbonyl (C=O) groups is 1. The number of thiazole rings is 1. The fraction of sp³-hybridized carbons (Fsp3) is 0.154. The van der Waals surface area contributed by atoms with Crippen LogP contribution in [0.4, 0.5) is 5.13 Å². The number of anilines is 1. The van der Waals surface area contributed by atoms with Crippen molar-refractivity contribution in [3.63, 3.8) is 0 Å². The maximum absolute atomic E-state index is 12.7. The summed E-state index contributed by atoms with van der Waals surface area (Å²) in [6.07, 6.45) is 4.64. The summed E-state index contributed by atoms with van der Waals surface area (Å²) < 4.78 is 0. The third-order valence-corrected chi connectivity index (χ3v) is 6.38. The van der Waals surface area contributed by atoms with Crippen molar-refractivity contribution in [1.29, 1.82) is 0 Å². The molecule has 0 radical (unpaired) electrons. The zero-order chi connectivity index (χ0) is 20.3. The summed E-state index contributed by atoms with van der Waals surface area (Å²) in [5, 5.41) is 5.57. The Morgan fingerprint density at radius 2 is 1.50 bits per heavy atom. The maximum Gasteiger partial charge on any atom is 0.257 e. The van der Waals surface area contributed by atoms with Gasteiger partial charge in [-0.1, -0.05) is 60.7 Å². The standard InChI is InChI=1S/C26H22N2OS/c29-25(23-15-12-19-8-4-5-9-22(19)16-23)28-26-27-24(17-30-26)21-13-10-20(11-14-21)18-6-2-1-3-7-18/h1-3,6-7,10-17H,4-5,8-9H2,(H,27,28,29).